The predicted octanol–water partition coefficient (Wildman–Crippen LogP) is 7.74. The molecule has 0 aliphatic carbocycles. The molecule has 3 N–H and O–H groups in total. The number of ether oxygens (including phenoxy) is 5. The number of pyridine rings is 1. The molecule has 2 unspecified atom stereocenters. The van der Waals surface area contributed by atoms with Crippen molar-refractivity contribution in [2.45, 2.75) is 69.9 Å². The number of carbonyl (C=O) groups is 5. The molecule has 5 amide bonds. The van der Waals surface area contributed by atoms with Crippen LogP contribution in [-0.4, -0.2) is 101 Å². The molecule has 2 saturated heterocycles. The van der Waals surface area contributed by atoms with Crippen LogP contribution in [0.5, 0.6) is 11.5 Å². The number of piperidine rings is 1. The van der Waals surface area contributed by atoms with Crippen molar-refractivity contribution in [3.8, 4) is 22.6 Å². The number of benzene rings is 2. The highest BCUT2D eigenvalue weighted by Crippen LogP contribution is 2.42. The van der Waals surface area contributed by atoms with Gasteiger partial charge in [0.25, 0.3) is 17.7 Å². The topological polar surface area (TPSA) is 197 Å². The van der Waals surface area contributed by atoms with Gasteiger partial charge in [-0.25, -0.2) is 9.69 Å². The van der Waals surface area contributed by atoms with Gasteiger partial charge in [-0.2, -0.15) is 0 Å². The minimum Gasteiger partial charge on any atom is -0.493 e. The molecule has 68 heavy (non-hydrogen) atoms. The van der Waals surface area contributed by atoms with Crippen LogP contribution in [0.2, 0.25) is 0 Å². The second-order valence-corrected chi connectivity index (χ2v) is 16.8. The van der Waals surface area contributed by atoms with Crippen LogP contribution in [0.3, 0.4) is 0 Å². The Labute approximate surface area is 394 Å². The lowest BCUT2D eigenvalue weighted by Gasteiger charge is -2.42. The molecule has 3 aliphatic rings. The number of amides is 5. The van der Waals surface area contributed by atoms with Crippen molar-refractivity contribution in [3.63, 3.8) is 0 Å². The van der Waals surface area contributed by atoms with Gasteiger partial charge < -0.3 is 53.7 Å². The van der Waals surface area contributed by atoms with Gasteiger partial charge in [-0.05, 0) is 93.0 Å². The lowest BCUT2D eigenvalue weighted by Crippen LogP contribution is -2.57. The molecule has 8 rings (SSSR count). The zero-order valence-corrected chi connectivity index (χ0v) is 38.4. The quantitative estimate of drug-likeness (QED) is 0.0647. The third-order valence-electron chi connectivity index (χ3n) is 12.1. The van der Waals surface area contributed by atoms with E-state index in [1.165, 1.54) is 18.1 Å². The molecule has 3 aromatic heterocycles. The van der Waals surface area contributed by atoms with Gasteiger partial charge in [0.05, 0.1) is 48.6 Å². The third kappa shape index (κ3) is 10.7. The van der Waals surface area contributed by atoms with Crippen LogP contribution < -0.4 is 30.3 Å². The molecule has 0 bridgehead atoms. The number of anilines is 4. The highest BCUT2D eigenvalue weighted by atomic mass is 16.7. The van der Waals surface area contributed by atoms with Crippen molar-refractivity contribution in [2.24, 2.45) is 14.1 Å². The van der Waals surface area contributed by atoms with E-state index >= 15 is 0 Å². The molecule has 18 nitrogen and oxygen atoms in total. The highest BCUT2D eigenvalue weighted by Gasteiger charge is 2.47. The lowest BCUT2D eigenvalue weighted by atomic mass is 10.00. The summed E-state index contributed by atoms with van der Waals surface area (Å²) >= 11 is 0. The maximum absolute atomic E-state index is 14.3. The summed E-state index contributed by atoms with van der Waals surface area (Å²) in [6.07, 6.45) is 11.2. The van der Waals surface area contributed by atoms with Gasteiger partial charge in [-0.15, -0.1) is 0 Å². The monoisotopic (exact) mass is 928 g/mol. The average Bonchev–Trinajstić information content (AvgIpc) is 3.91. The summed E-state index contributed by atoms with van der Waals surface area (Å²) in [5, 5.41) is 8.62. The van der Waals surface area contributed by atoms with Gasteiger partial charge in [-0.3, -0.25) is 24.2 Å². The highest BCUT2D eigenvalue weighted by molar-refractivity contribution is 6.07. The zero-order chi connectivity index (χ0) is 47.7. The van der Waals surface area contributed by atoms with Gasteiger partial charge in [0.1, 0.15) is 18.0 Å². The molecule has 356 valence electrons. The molecule has 0 radical (unpaired) electrons. The van der Waals surface area contributed by atoms with Crippen LogP contribution >= 0.6 is 0 Å². The van der Waals surface area contributed by atoms with Gasteiger partial charge in [0.2, 0.25) is 5.91 Å². The van der Waals surface area contributed by atoms with Gasteiger partial charge in [0.15, 0.2) is 24.0 Å². The SMILES string of the molecule is C=CCOC(=O)N1c2cc(OCCCC(=O)Nc3cc(C(=O)Nc4ccc(-c5cc(C(=O)Nc6cccnc6)n(C)c5)cc4)n(C)c3)c(OC)cc2C(=O)N2CCCC[C@H]2C1OC1CCCCO1. The Hall–Kier alpha value is -7.44. The Morgan fingerprint density at radius 2 is 1.62 bits per heavy atom. The Morgan fingerprint density at radius 3 is 2.35 bits per heavy atom. The fraction of sp³-hybridized carbons (Fsp3) is 0.360. The third-order valence-corrected chi connectivity index (χ3v) is 12.1. The standard InChI is InChI=1S/C50H56N8O10/c1-5-22-67-50(63)58-39-28-43(42(64-4)27-37(39)48(62)57-21-8-6-13-38(57)49(58)68-45-15-7-9-23-66-45)65-24-11-14-44(59)52-36-26-41(56(3)31-36)47(61)53-34-18-16-32(17-19-34)33-25-40(55(2)30-33)46(60)54-35-12-10-20-51-29-35/h5,10,12,16-20,25-31,38,45,49H,1,6-9,11,13-15,21-24H2,2-4H3,(H,52,59)(H,53,61)(H,54,60)/t38-,45?,49?/m0/s1. The number of aromatic nitrogens is 3. The molecule has 3 aliphatic heterocycles. The Kier molecular flexibility index (Phi) is 14.9. The molecule has 6 heterocycles. The van der Waals surface area contributed by atoms with Crippen LogP contribution in [0.1, 0.15) is 82.7 Å². The smallest absolute Gasteiger partial charge is 0.416 e. The maximum atomic E-state index is 14.3. The first-order valence-electron chi connectivity index (χ1n) is 22.8. The minimum absolute atomic E-state index is 0.0518. The van der Waals surface area contributed by atoms with E-state index in [0.717, 1.165) is 36.8 Å². The van der Waals surface area contributed by atoms with Crippen molar-refractivity contribution >= 4 is 52.5 Å². The number of rotatable bonds is 16. The summed E-state index contributed by atoms with van der Waals surface area (Å²) in [6.45, 7) is 4.76. The molecular formula is C50H56N8O10. The number of hydrogen-bond acceptors (Lipinski definition) is 11. The van der Waals surface area contributed by atoms with Gasteiger partial charge in [0, 0.05) is 69.6 Å². The van der Waals surface area contributed by atoms with E-state index in [4.69, 9.17) is 23.7 Å². The van der Waals surface area contributed by atoms with E-state index in [1.54, 1.807) is 95.3 Å². The average molecular weight is 929 g/mol. The number of methoxy groups -OCH3 is 1. The second-order valence-electron chi connectivity index (χ2n) is 16.8. The summed E-state index contributed by atoms with van der Waals surface area (Å²) in [6, 6.07) is 16.9. The molecule has 0 saturated carbocycles. The first-order valence-corrected chi connectivity index (χ1v) is 22.8. The van der Waals surface area contributed by atoms with Crippen LogP contribution in [0.4, 0.5) is 27.5 Å². The molecule has 2 aromatic carbocycles. The van der Waals surface area contributed by atoms with Crippen molar-refractivity contribution in [1.82, 2.24) is 19.0 Å². The van der Waals surface area contributed by atoms with E-state index in [9.17, 15) is 24.0 Å². The van der Waals surface area contributed by atoms with E-state index < -0.39 is 24.7 Å². The lowest BCUT2D eigenvalue weighted by molar-refractivity contribution is -0.198. The predicted molar refractivity (Wildman–Crippen MR) is 254 cm³/mol. The molecule has 5 aromatic rings. The fourth-order valence-electron chi connectivity index (χ4n) is 8.71. The number of fused-ring (bicyclic) bond motifs is 2. The van der Waals surface area contributed by atoms with Gasteiger partial charge >= 0.3 is 6.09 Å². The first-order chi connectivity index (χ1) is 33.0. The Morgan fingerprint density at radius 1 is 0.853 bits per heavy atom. The molecule has 3 atom stereocenters. The number of hydrogen-bond donors (Lipinski definition) is 3. The molecule has 0 spiro atoms. The summed E-state index contributed by atoms with van der Waals surface area (Å²) < 4.78 is 33.4. The van der Waals surface area contributed by atoms with Crippen molar-refractivity contribution < 1.29 is 47.7 Å². The van der Waals surface area contributed by atoms with Crippen LogP contribution in [0, 0.1) is 0 Å². The maximum Gasteiger partial charge on any atom is 0.416 e. The number of carbonyl (C=O) groups excluding carboxylic acids is 5. The van der Waals surface area contributed by atoms with Crippen LogP contribution in [0.25, 0.3) is 11.1 Å². The largest absolute Gasteiger partial charge is 0.493 e. The van der Waals surface area contributed by atoms with E-state index in [-0.39, 0.29) is 66.0 Å². The number of nitrogens with zero attached hydrogens (tertiary/aromatic N) is 5. The number of nitrogens with one attached hydrogen (secondary N) is 3. The first kappa shape index (κ1) is 47.1. The summed E-state index contributed by atoms with van der Waals surface area (Å²) in [5.41, 5.74) is 4.58. The molecule has 2 fully saturated rings. The summed E-state index contributed by atoms with van der Waals surface area (Å²) in [4.78, 5) is 74.9. The van der Waals surface area contributed by atoms with Crippen LogP contribution in [0.15, 0.2) is 98.1 Å². The van der Waals surface area contributed by atoms with E-state index in [2.05, 4.69) is 27.5 Å². The number of aryl methyl sites for hydroxylation is 2. The van der Waals surface area contributed by atoms with Gasteiger partial charge in [-0.1, -0.05) is 24.8 Å². The van der Waals surface area contributed by atoms with E-state index in [1.807, 2.05) is 18.3 Å². The summed E-state index contributed by atoms with van der Waals surface area (Å²) in [7, 11) is 4.98. The fourth-order valence-corrected chi connectivity index (χ4v) is 8.71. The van der Waals surface area contributed by atoms with Crippen molar-refractivity contribution in [2.75, 3.05) is 54.3 Å². The molecular weight excluding hydrogens is 873 g/mol. The molecule has 18 heteroatoms. The Bertz CT molecular complexity index is 2640. The van der Waals surface area contributed by atoms with E-state index in [0.29, 0.717) is 60.9 Å². The zero-order valence-electron chi connectivity index (χ0n) is 38.4. The Balaban J connectivity index is 0.886. The normalized spacial score (nSPS) is 17.8. The summed E-state index contributed by atoms with van der Waals surface area (Å²) in [5.74, 6) is -0.646. The van der Waals surface area contributed by atoms with Crippen molar-refractivity contribution in [3.05, 3.63) is 115 Å². The minimum atomic E-state index is -0.904. The van der Waals surface area contributed by atoms with Crippen molar-refractivity contribution in [1.29, 1.82) is 0 Å². The van der Waals surface area contributed by atoms with Crippen LogP contribution in [-0.2, 0) is 33.1 Å². The second kappa shape index (κ2) is 21.5.